The Balaban J connectivity index is 0.000000356. The fourth-order valence-electron chi connectivity index (χ4n) is 1.55. The van der Waals surface area contributed by atoms with E-state index in [1.54, 1.807) is 14.1 Å². The number of hydrogen-bond donors (Lipinski definition) is 0. The molecule has 1 rings (SSSR count). The van der Waals surface area contributed by atoms with E-state index in [9.17, 15) is 13.0 Å². The summed E-state index contributed by atoms with van der Waals surface area (Å²) in [6.07, 6.45) is 5.21. The molecule has 0 spiro atoms. The van der Waals surface area contributed by atoms with E-state index < -0.39 is 15.5 Å². The molecule has 0 aliphatic rings. The van der Waals surface area contributed by atoms with Gasteiger partial charge >= 0.3 is 0 Å². The van der Waals surface area contributed by atoms with Crippen LogP contribution in [0.4, 0.5) is 0 Å². The molecule has 0 amide bonds. The Labute approximate surface area is 116 Å². The number of aryl methyl sites for hydroxylation is 1. The second-order valence-corrected chi connectivity index (χ2v) is 5.94. The second-order valence-electron chi connectivity index (χ2n) is 4.41. The molecule has 1 aromatic heterocycles. The normalized spacial score (nSPS) is 12.7. The summed E-state index contributed by atoms with van der Waals surface area (Å²) in [6, 6.07) is 6.08. The van der Waals surface area contributed by atoms with Gasteiger partial charge in [-0.15, -0.1) is 0 Å². The van der Waals surface area contributed by atoms with Gasteiger partial charge in [-0.2, -0.15) is 0 Å². The van der Waals surface area contributed by atoms with E-state index in [-0.39, 0.29) is 0 Å². The summed E-state index contributed by atoms with van der Waals surface area (Å²) in [4.78, 5) is 1.44. The standard InChI is InChI=1S/C7H10N.C6H15NO3S/c1-2-8-6-4-3-5-7-8;1-4-5-6(7(2)3)11(8,9)10/h3-7H,2H2,1H3;6H,4-5H2,1-3H3,(H,8,9,10)/q+1;/p-1. The Hall–Kier alpha value is -0.980. The highest BCUT2D eigenvalue weighted by atomic mass is 32.2. The van der Waals surface area contributed by atoms with Gasteiger partial charge in [0.05, 0.1) is 0 Å². The molecule has 110 valence electrons. The molecule has 19 heavy (non-hydrogen) atoms. The van der Waals surface area contributed by atoms with Crippen molar-refractivity contribution >= 4 is 10.1 Å². The minimum atomic E-state index is -4.15. The molecule has 0 N–H and O–H groups in total. The molecule has 1 heterocycles. The van der Waals surface area contributed by atoms with Gasteiger partial charge in [0.2, 0.25) is 0 Å². The van der Waals surface area contributed by atoms with Crippen LogP contribution in [0.25, 0.3) is 0 Å². The lowest BCUT2D eigenvalue weighted by Gasteiger charge is -2.26. The van der Waals surface area contributed by atoms with Crippen molar-refractivity contribution in [3.63, 3.8) is 0 Å². The largest absolute Gasteiger partial charge is 0.747 e. The van der Waals surface area contributed by atoms with Crippen LogP contribution in [0.2, 0.25) is 0 Å². The van der Waals surface area contributed by atoms with Crippen molar-refractivity contribution in [2.45, 2.75) is 38.6 Å². The van der Waals surface area contributed by atoms with Gasteiger partial charge in [0, 0.05) is 12.1 Å². The van der Waals surface area contributed by atoms with E-state index in [0.29, 0.717) is 12.8 Å². The first-order valence-corrected chi connectivity index (χ1v) is 7.85. The molecule has 0 bridgehead atoms. The van der Waals surface area contributed by atoms with Gasteiger partial charge in [0.25, 0.3) is 0 Å². The first-order chi connectivity index (χ1) is 8.82. The van der Waals surface area contributed by atoms with Crippen molar-refractivity contribution < 1.29 is 17.5 Å². The fraction of sp³-hybridized carbons (Fsp3) is 0.615. The SMILES string of the molecule is CCCC(N(C)C)S(=O)(=O)[O-].CC[n+]1ccccc1. The van der Waals surface area contributed by atoms with Crippen molar-refractivity contribution in [2.24, 2.45) is 0 Å². The van der Waals surface area contributed by atoms with E-state index in [0.717, 1.165) is 6.54 Å². The quantitative estimate of drug-likeness (QED) is 0.603. The predicted molar refractivity (Wildman–Crippen MR) is 74.4 cm³/mol. The molecule has 0 saturated carbocycles. The van der Waals surface area contributed by atoms with E-state index in [1.165, 1.54) is 4.90 Å². The zero-order valence-electron chi connectivity index (χ0n) is 12.1. The second kappa shape index (κ2) is 9.01. The third-order valence-corrected chi connectivity index (χ3v) is 3.91. The van der Waals surface area contributed by atoms with E-state index in [1.807, 2.05) is 25.1 Å². The van der Waals surface area contributed by atoms with Gasteiger partial charge in [-0.3, -0.25) is 4.90 Å². The van der Waals surface area contributed by atoms with Crippen LogP contribution in [0.5, 0.6) is 0 Å². The van der Waals surface area contributed by atoms with E-state index >= 15 is 0 Å². The number of rotatable bonds is 5. The van der Waals surface area contributed by atoms with Crippen LogP contribution >= 0.6 is 0 Å². The van der Waals surface area contributed by atoms with Gasteiger partial charge in [0.15, 0.2) is 12.4 Å². The molecule has 1 unspecified atom stereocenters. The Morgan fingerprint density at radius 3 is 1.89 bits per heavy atom. The minimum absolute atomic E-state index is 0.402. The maximum Gasteiger partial charge on any atom is 0.168 e. The Bertz CT molecular complexity index is 432. The zero-order chi connectivity index (χ0) is 14.9. The first-order valence-electron chi connectivity index (χ1n) is 6.38. The highest BCUT2D eigenvalue weighted by Gasteiger charge is 2.16. The maximum atomic E-state index is 10.6. The molecule has 0 aliphatic heterocycles. The molecule has 1 aromatic rings. The fourth-order valence-corrected chi connectivity index (χ4v) is 2.59. The van der Waals surface area contributed by atoms with Crippen molar-refractivity contribution in [2.75, 3.05) is 14.1 Å². The number of aromatic nitrogens is 1. The molecule has 0 fully saturated rings. The monoisotopic (exact) mass is 288 g/mol. The summed E-state index contributed by atoms with van der Waals surface area (Å²) >= 11 is 0. The molecular weight excluding hydrogens is 264 g/mol. The third-order valence-electron chi connectivity index (χ3n) is 2.59. The third kappa shape index (κ3) is 7.92. The van der Waals surface area contributed by atoms with Gasteiger partial charge in [-0.05, 0) is 27.4 Å². The highest BCUT2D eigenvalue weighted by molar-refractivity contribution is 7.86. The van der Waals surface area contributed by atoms with Crippen molar-refractivity contribution in [3.8, 4) is 0 Å². The molecule has 5 nitrogen and oxygen atoms in total. The van der Waals surface area contributed by atoms with Gasteiger partial charge in [-0.1, -0.05) is 19.4 Å². The van der Waals surface area contributed by atoms with Crippen LogP contribution in [0.1, 0.15) is 26.7 Å². The van der Waals surface area contributed by atoms with E-state index in [2.05, 4.69) is 23.9 Å². The molecule has 1 atom stereocenters. The Morgan fingerprint density at radius 1 is 1.16 bits per heavy atom. The Morgan fingerprint density at radius 2 is 1.68 bits per heavy atom. The van der Waals surface area contributed by atoms with Crippen molar-refractivity contribution in [1.29, 1.82) is 0 Å². The molecule has 0 aliphatic carbocycles. The number of nitrogens with zero attached hydrogens (tertiary/aromatic N) is 2. The van der Waals surface area contributed by atoms with Crippen molar-refractivity contribution in [1.82, 2.24) is 4.90 Å². The lowest BCUT2D eigenvalue weighted by molar-refractivity contribution is -0.693. The summed E-state index contributed by atoms with van der Waals surface area (Å²) in [7, 11) is -0.964. The summed E-state index contributed by atoms with van der Waals surface area (Å²) in [5.74, 6) is 0. The molecule has 0 radical (unpaired) electrons. The predicted octanol–water partition coefficient (Wildman–Crippen LogP) is 1.21. The topological polar surface area (TPSA) is 64.3 Å². The average molecular weight is 288 g/mol. The zero-order valence-corrected chi connectivity index (χ0v) is 12.9. The van der Waals surface area contributed by atoms with Gasteiger partial charge < -0.3 is 4.55 Å². The smallest absolute Gasteiger partial charge is 0.168 e. The van der Waals surface area contributed by atoms with Crippen molar-refractivity contribution in [3.05, 3.63) is 30.6 Å². The maximum absolute atomic E-state index is 10.6. The van der Waals surface area contributed by atoms with E-state index in [4.69, 9.17) is 0 Å². The van der Waals surface area contributed by atoms with Crippen LogP contribution < -0.4 is 4.57 Å². The van der Waals surface area contributed by atoms with Crippen LogP contribution in [-0.4, -0.2) is 37.3 Å². The van der Waals surface area contributed by atoms with Crippen LogP contribution in [0, 0.1) is 0 Å². The van der Waals surface area contributed by atoms with Crippen LogP contribution in [-0.2, 0) is 16.7 Å². The average Bonchev–Trinajstić information content (AvgIpc) is 2.36. The highest BCUT2D eigenvalue weighted by Crippen LogP contribution is 2.08. The molecule has 0 saturated heterocycles. The molecule has 0 aromatic carbocycles. The summed E-state index contributed by atoms with van der Waals surface area (Å²) in [5.41, 5.74) is 0. The van der Waals surface area contributed by atoms with Crippen LogP contribution in [0.15, 0.2) is 30.6 Å². The lowest BCUT2D eigenvalue weighted by atomic mass is 10.3. The Kier molecular flexibility index (Phi) is 8.54. The summed E-state index contributed by atoms with van der Waals surface area (Å²) < 4.78 is 33.8. The molecular formula is C13H24N2O3S. The molecule has 6 heteroatoms. The first kappa shape index (κ1) is 18.0. The number of pyridine rings is 1. The van der Waals surface area contributed by atoms with Gasteiger partial charge in [0.1, 0.15) is 22.0 Å². The minimum Gasteiger partial charge on any atom is -0.747 e. The summed E-state index contributed by atoms with van der Waals surface area (Å²) in [6.45, 7) is 5.03. The number of hydrogen-bond acceptors (Lipinski definition) is 4. The summed E-state index contributed by atoms with van der Waals surface area (Å²) in [5, 5.41) is -0.868. The van der Waals surface area contributed by atoms with Gasteiger partial charge in [-0.25, -0.2) is 13.0 Å². The van der Waals surface area contributed by atoms with Crippen LogP contribution in [0.3, 0.4) is 0 Å². The lowest BCUT2D eigenvalue weighted by Crippen LogP contribution is -2.35.